The van der Waals surface area contributed by atoms with E-state index < -0.39 is 48.7 Å². The van der Waals surface area contributed by atoms with E-state index in [0.29, 0.717) is 5.56 Å². The van der Waals surface area contributed by atoms with E-state index in [4.69, 9.17) is 25.6 Å². The maximum Gasteiger partial charge on any atom is 0.573 e. The Morgan fingerprint density at radius 3 is 2.06 bits per heavy atom. The molecule has 0 bridgehead atoms. The minimum atomic E-state index is -5.08. The molecule has 1 atom stereocenters. The van der Waals surface area contributed by atoms with Crippen molar-refractivity contribution in [1.82, 2.24) is 0 Å². The molecule has 33 heavy (non-hydrogen) atoms. The number of aryl methyl sites for hydroxylation is 1. The van der Waals surface area contributed by atoms with Gasteiger partial charge < -0.3 is 18.8 Å². The average Bonchev–Trinajstić information content (AvgIpc) is 2.89. The number of rotatable bonds is 6. The summed E-state index contributed by atoms with van der Waals surface area (Å²) in [5.41, 5.74) is -0.589. The van der Waals surface area contributed by atoms with Crippen molar-refractivity contribution in [2.45, 2.75) is 64.7 Å². The molecule has 4 nitrogen and oxygen atoms in total. The summed E-state index contributed by atoms with van der Waals surface area (Å²) in [6, 6.07) is 7.69. The predicted molar refractivity (Wildman–Crippen MR) is 114 cm³/mol. The van der Waals surface area contributed by atoms with Crippen molar-refractivity contribution in [2.24, 2.45) is 0 Å². The average molecular weight is 493 g/mol. The highest BCUT2D eigenvalue weighted by atomic mass is 35.5. The standard InChI is InChI=1S/C22H23BClF5O4/c1-12-6-7-13(10-15(12)24)18(19(25)26)30-16-9-8-14(11-17(16)31-22(27,28)29)23-32-20(2,3)21(4,5)33-23/h6-11,18-19H,1-5H3. The Labute approximate surface area is 194 Å². The van der Waals surface area contributed by atoms with Crippen molar-refractivity contribution in [1.29, 1.82) is 0 Å². The second kappa shape index (κ2) is 8.96. The molecule has 1 saturated heterocycles. The maximum atomic E-state index is 13.8. The van der Waals surface area contributed by atoms with E-state index in [1.54, 1.807) is 34.6 Å². The van der Waals surface area contributed by atoms with Crippen LogP contribution in [-0.4, -0.2) is 31.1 Å². The molecule has 0 N–H and O–H groups in total. The molecule has 1 unspecified atom stereocenters. The molecular weight excluding hydrogens is 469 g/mol. The van der Waals surface area contributed by atoms with Gasteiger partial charge in [-0.05, 0) is 69.4 Å². The van der Waals surface area contributed by atoms with Crippen LogP contribution in [0.2, 0.25) is 5.02 Å². The lowest BCUT2D eigenvalue weighted by Crippen LogP contribution is -2.41. The van der Waals surface area contributed by atoms with Crippen LogP contribution >= 0.6 is 11.6 Å². The number of ether oxygens (including phenoxy) is 2. The summed E-state index contributed by atoms with van der Waals surface area (Å²) in [6.45, 7) is 8.85. The zero-order valence-electron chi connectivity index (χ0n) is 18.6. The van der Waals surface area contributed by atoms with Gasteiger partial charge in [-0.2, -0.15) is 0 Å². The normalized spacial score (nSPS) is 18.5. The largest absolute Gasteiger partial charge is 0.573 e. The van der Waals surface area contributed by atoms with Gasteiger partial charge in [0, 0.05) is 5.02 Å². The first-order valence-corrected chi connectivity index (χ1v) is 10.4. The lowest BCUT2D eigenvalue weighted by atomic mass is 9.79. The van der Waals surface area contributed by atoms with E-state index in [0.717, 1.165) is 12.1 Å². The number of benzene rings is 2. The third-order valence-corrected chi connectivity index (χ3v) is 6.13. The summed E-state index contributed by atoms with van der Waals surface area (Å²) in [5, 5.41) is 0.227. The Morgan fingerprint density at radius 1 is 0.939 bits per heavy atom. The number of hydrogen-bond donors (Lipinski definition) is 0. The Morgan fingerprint density at radius 2 is 1.55 bits per heavy atom. The zero-order valence-corrected chi connectivity index (χ0v) is 19.4. The van der Waals surface area contributed by atoms with Gasteiger partial charge in [-0.15, -0.1) is 13.2 Å². The molecule has 1 fully saturated rings. The van der Waals surface area contributed by atoms with Crippen molar-refractivity contribution in [3.63, 3.8) is 0 Å². The minimum Gasteiger partial charge on any atom is -0.476 e. The SMILES string of the molecule is Cc1ccc(C(Oc2ccc(B3OC(C)(C)C(C)(C)O3)cc2OC(F)(F)F)C(F)F)cc1Cl. The molecule has 3 rings (SSSR count). The molecule has 1 aliphatic rings. The second-order valence-corrected chi connectivity index (χ2v) is 9.13. The van der Waals surface area contributed by atoms with Crippen molar-refractivity contribution in [3.8, 4) is 11.5 Å². The molecule has 180 valence electrons. The minimum absolute atomic E-state index is 0.00796. The van der Waals surface area contributed by atoms with Crippen LogP contribution < -0.4 is 14.9 Å². The monoisotopic (exact) mass is 492 g/mol. The first kappa shape index (κ1) is 25.6. The quantitative estimate of drug-likeness (QED) is 0.354. The van der Waals surface area contributed by atoms with Crippen molar-refractivity contribution in [2.75, 3.05) is 0 Å². The van der Waals surface area contributed by atoms with Gasteiger partial charge in [-0.25, -0.2) is 8.78 Å². The molecule has 1 aliphatic heterocycles. The summed E-state index contributed by atoms with van der Waals surface area (Å²) in [5.74, 6) is -1.31. The number of halogens is 6. The molecule has 0 spiro atoms. The highest BCUT2D eigenvalue weighted by Gasteiger charge is 2.52. The summed E-state index contributed by atoms with van der Waals surface area (Å²) in [6.07, 6.45) is -10.0. The lowest BCUT2D eigenvalue weighted by molar-refractivity contribution is -0.275. The Kier molecular flexibility index (Phi) is 6.95. The number of alkyl halides is 5. The molecule has 2 aromatic rings. The van der Waals surface area contributed by atoms with Crippen LogP contribution in [0.5, 0.6) is 11.5 Å². The topological polar surface area (TPSA) is 36.9 Å². The fourth-order valence-corrected chi connectivity index (χ4v) is 3.33. The van der Waals surface area contributed by atoms with E-state index in [1.165, 1.54) is 24.3 Å². The maximum absolute atomic E-state index is 13.8. The molecule has 11 heteroatoms. The molecule has 1 heterocycles. The van der Waals surface area contributed by atoms with Crippen LogP contribution in [-0.2, 0) is 9.31 Å². The Bertz CT molecular complexity index is 997. The molecule has 0 saturated carbocycles. The van der Waals surface area contributed by atoms with Crippen LogP contribution in [0.25, 0.3) is 0 Å². The van der Waals surface area contributed by atoms with E-state index in [9.17, 15) is 22.0 Å². The van der Waals surface area contributed by atoms with Crippen LogP contribution in [0.3, 0.4) is 0 Å². The van der Waals surface area contributed by atoms with Crippen molar-refractivity contribution in [3.05, 3.63) is 52.5 Å². The first-order chi connectivity index (χ1) is 15.1. The molecule has 0 aliphatic carbocycles. The van der Waals surface area contributed by atoms with Gasteiger partial charge in [0.1, 0.15) is 0 Å². The highest BCUT2D eigenvalue weighted by molar-refractivity contribution is 6.62. The molecular formula is C22H23BClF5O4. The molecule has 0 amide bonds. The third kappa shape index (κ3) is 5.73. The van der Waals surface area contributed by atoms with E-state index in [-0.39, 0.29) is 16.0 Å². The smallest absolute Gasteiger partial charge is 0.476 e. The summed E-state index contributed by atoms with van der Waals surface area (Å²) >= 11 is 6.02. The summed E-state index contributed by atoms with van der Waals surface area (Å²) in [4.78, 5) is 0. The van der Waals surface area contributed by atoms with E-state index in [1.807, 2.05) is 0 Å². The zero-order chi connectivity index (χ0) is 24.8. The number of hydrogen-bond acceptors (Lipinski definition) is 4. The van der Waals surface area contributed by atoms with Gasteiger partial charge in [0.15, 0.2) is 17.6 Å². The Balaban J connectivity index is 1.97. The molecule has 0 aromatic heterocycles. The van der Waals surface area contributed by atoms with Crippen LogP contribution in [0.1, 0.15) is 44.9 Å². The van der Waals surface area contributed by atoms with Crippen LogP contribution in [0.15, 0.2) is 36.4 Å². The molecule has 0 radical (unpaired) electrons. The lowest BCUT2D eigenvalue weighted by Gasteiger charge is -2.32. The van der Waals surface area contributed by atoms with Crippen molar-refractivity contribution < 1.29 is 40.7 Å². The van der Waals surface area contributed by atoms with Gasteiger partial charge in [0.05, 0.1) is 11.2 Å². The fraction of sp³-hybridized carbons (Fsp3) is 0.455. The summed E-state index contributed by atoms with van der Waals surface area (Å²) in [7, 11) is -0.985. The van der Waals surface area contributed by atoms with Gasteiger partial charge in [0.2, 0.25) is 0 Å². The van der Waals surface area contributed by atoms with Crippen molar-refractivity contribution >= 4 is 24.2 Å². The van der Waals surface area contributed by atoms with E-state index in [2.05, 4.69) is 4.74 Å². The van der Waals surface area contributed by atoms with Gasteiger partial charge in [0.25, 0.3) is 6.43 Å². The van der Waals surface area contributed by atoms with Gasteiger partial charge >= 0.3 is 13.5 Å². The Hall–Kier alpha value is -2.04. The van der Waals surface area contributed by atoms with Crippen LogP contribution in [0, 0.1) is 6.92 Å². The summed E-state index contributed by atoms with van der Waals surface area (Å²) < 4.78 is 88.0. The predicted octanol–water partition coefficient (Wildman–Crippen LogP) is 6.23. The fourth-order valence-electron chi connectivity index (χ4n) is 3.14. The second-order valence-electron chi connectivity index (χ2n) is 8.72. The highest BCUT2D eigenvalue weighted by Crippen LogP contribution is 2.39. The van der Waals surface area contributed by atoms with E-state index >= 15 is 0 Å². The third-order valence-electron chi connectivity index (χ3n) is 5.73. The van der Waals surface area contributed by atoms with Gasteiger partial charge in [-0.1, -0.05) is 29.8 Å². The van der Waals surface area contributed by atoms with Gasteiger partial charge in [-0.3, -0.25) is 0 Å². The molecule has 2 aromatic carbocycles. The first-order valence-electron chi connectivity index (χ1n) is 10.1. The van der Waals surface area contributed by atoms with Crippen LogP contribution in [0.4, 0.5) is 22.0 Å².